The van der Waals surface area contributed by atoms with Crippen molar-refractivity contribution in [2.24, 2.45) is 0 Å². The van der Waals surface area contributed by atoms with E-state index in [-0.39, 0.29) is 5.91 Å². The molecule has 25 heavy (non-hydrogen) atoms. The molecule has 0 bridgehead atoms. The molecule has 0 aliphatic heterocycles. The Bertz CT molecular complexity index is 1010. The SMILES string of the molecule is O=C(/C=C/c1ccccc1)Nc1nc(-c2cc3ccccc3o2)cs1. The first-order valence-electron chi connectivity index (χ1n) is 7.76. The first-order chi connectivity index (χ1) is 12.3. The lowest BCUT2D eigenvalue weighted by molar-refractivity contribution is -0.111. The highest BCUT2D eigenvalue weighted by Gasteiger charge is 2.10. The Morgan fingerprint density at radius 3 is 2.72 bits per heavy atom. The minimum atomic E-state index is -0.214. The average Bonchev–Trinajstić information content (AvgIpc) is 3.27. The van der Waals surface area contributed by atoms with Gasteiger partial charge in [-0.2, -0.15) is 0 Å². The summed E-state index contributed by atoms with van der Waals surface area (Å²) in [7, 11) is 0. The van der Waals surface area contributed by atoms with Crippen molar-refractivity contribution < 1.29 is 9.21 Å². The molecule has 4 nitrogen and oxygen atoms in total. The summed E-state index contributed by atoms with van der Waals surface area (Å²) in [5, 5.41) is 6.21. The fraction of sp³-hybridized carbons (Fsp3) is 0. The number of furan rings is 1. The van der Waals surface area contributed by atoms with Crippen molar-refractivity contribution in [1.29, 1.82) is 0 Å². The number of amides is 1. The minimum Gasteiger partial charge on any atom is -0.454 e. The van der Waals surface area contributed by atoms with E-state index in [1.165, 1.54) is 17.4 Å². The lowest BCUT2D eigenvalue weighted by Gasteiger charge is -1.96. The lowest BCUT2D eigenvalue weighted by atomic mass is 10.2. The molecular weight excluding hydrogens is 332 g/mol. The highest BCUT2D eigenvalue weighted by atomic mass is 32.1. The Morgan fingerprint density at radius 1 is 1.08 bits per heavy atom. The summed E-state index contributed by atoms with van der Waals surface area (Å²) in [5.41, 5.74) is 2.50. The van der Waals surface area contributed by atoms with E-state index in [4.69, 9.17) is 4.42 Å². The van der Waals surface area contributed by atoms with Crippen LogP contribution in [-0.2, 0) is 4.79 Å². The number of aromatic nitrogens is 1. The minimum absolute atomic E-state index is 0.214. The first-order valence-corrected chi connectivity index (χ1v) is 8.64. The van der Waals surface area contributed by atoms with Crippen molar-refractivity contribution in [1.82, 2.24) is 4.98 Å². The normalized spacial score (nSPS) is 11.2. The summed E-state index contributed by atoms with van der Waals surface area (Å²) in [5.74, 6) is 0.479. The summed E-state index contributed by atoms with van der Waals surface area (Å²) in [6, 6.07) is 19.4. The number of fused-ring (bicyclic) bond motifs is 1. The number of para-hydroxylation sites is 1. The number of carbonyl (C=O) groups is 1. The van der Waals surface area contributed by atoms with E-state index in [0.717, 1.165) is 16.5 Å². The molecule has 5 heteroatoms. The van der Waals surface area contributed by atoms with E-state index < -0.39 is 0 Å². The number of hydrogen-bond acceptors (Lipinski definition) is 4. The molecular formula is C20H14N2O2S. The number of anilines is 1. The molecule has 1 N–H and O–H groups in total. The fourth-order valence-electron chi connectivity index (χ4n) is 2.44. The molecule has 0 radical (unpaired) electrons. The smallest absolute Gasteiger partial charge is 0.250 e. The monoisotopic (exact) mass is 346 g/mol. The largest absolute Gasteiger partial charge is 0.454 e. The van der Waals surface area contributed by atoms with Gasteiger partial charge in [-0.1, -0.05) is 48.5 Å². The van der Waals surface area contributed by atoms with Crippen LogP contribution in [0.5, 0.6) is 0 Å². The summed E-state index contributed by atoms with van der Waals surface area (Å²) < 4.78 is 5.80. The molecule has 2 aromatic carbocycles. The van der Waals surface area contributed by atoms with Gasteiger partial charge in [0.05, 0.1) is 0 Å². The van der Waals surface area contributed by atoms with Gasteiger partial charge in [-0.3, -0.25) is 10.1 Å². The standard InChI is InChI=1S/C20H14N2O2S/c23-19(11-10-14-6-2-1-3-7-14)22-20-21-16(13-25-20)18-12-15-8-4-5-9-17(15)24-18/h1-13H,(H,21,22,23)/b11-10+. The van der Waals surface area contributed by atoms with Gasteiger partial charge in [0.15, 0.2) is 10.9 Å². The predicted octanol–water partition coefficient (Wildman–Crippen LogP) is 5.21. The molecule has 0 aliphatic carbocycles. The van der Waals surface area contributed by atoms with Crippen LogP contribution in [0.3, 0.4) is 0 Å². The second kappa shape index (κ2) is 6.75. The van der Waals surface area contributed by atoms with E-state index in [9.17, 15) is 4.79 Å². The van der Waals surface area contributed by atoms with Gasteiger partial charge < -0.3 is 4.42 Å². The van der Waals surface area contributed by atoms with Crippen molar-refractivity contribution in [3.8, 4) is 11.5 Å². The van der Waals surface area contributed by atoms with Gasteiger partial charge in [-0.15, -0.1) is 11.3 Å². The van der Waals surface area contributed by atoms with Crippen LogP contribution in [0.15, 0.2) is 76.5 Å². The molecule has 0 fully saturated rings. The summed E-state index contributed by atoms with van der Waals surface area (Å²) >= 11 is 1.37. The van der Waals surface area contributed by atoms with E-state index in [1.807, 2.05) is 66.0 Å². The van der Waals surface area contributed by atoms with Crippen molar-refractivity contribution in [3.05, 3.63) is 77.7 Å². The van der Waals surface area contributed by atoms with Crippen LogP contribution in [0, 0.1) is 0 Å². The number of nitrogens with one attached hydrogen (secondary N) is 1. The van der Waals surface area contributed by atoms with Crippen LogP contribution >= 0.6 is 11.3 Å². The Hall–Kier alpha value is -3.18. The van der Waals surface area contributed by atoms with Crippen LogP contribution in [0.25, 0.3) is 28.5 Å². The zero-order valence-electron chi connectivity index (χ0n) is 13.2. The third kappa shape index (κ3) is 3.51. The highest BCUT2D eigenvalue weighted by Crippen LogP contribution is 2.30. The molecule has 4 aromatic rings. The van der Waals surface area contributed by atoms with Crippen LogP contribution in [0.1, 0.15) is 5.56 Å². The van der Waals surface area contributed by atoms with Crippen LogP contribution in [0.4, 0.5) is 5.13 Å². The van der Waals surface area contributed by atoms with Crippen LogP contribution < -0.4 is 5.32 Å². The number of thiazole rings is 1. The maximum absolute atomic E-state index is 12.0. The number of rotatable bonds is 4. The quantitative estimate of drug-likeness (QED) is 0.516. The molecule has 0 saturated carbocycles. The second-order valence-corrected chi connectivity index (χ2v) is 6.28. The van der Waals surface area contributed by atoms with E-state index >= 15 is 0 Å². The van der Waals surface area contributed by atoms with Gasteiger partial charge in [-0.25, -0.2) is 4.98 Å². The lowest BCUT2D eigenvalue weighted by Crippen LogP contribution is -2.07. The molecule has 0 unspecified atom stereocenters. The van der Waals surface area contributed by atoms with E-state index in [2.05, 4.69) is 10.3 Å². The molecule has 122 valence electrons. The average molecular weight is 346 g/mol. The summed E-state index contributed by atoms with van der Waals surface area (Å²) in [4.78, 5) is 16.4. The van der Waals surface area contributed by atoms with Gasteiger partial charge in [0, 0.05) is 16.8 Å². The Labute approximate surface area is 148 Å². The molecule has 0 spiro atoms. The topological polar surface area (TPSA) is 55.1 Å². The third-order valence-electron chi connectivity index (χ3n) is 3.64. The molecule has 4 rings (SSSR count). The third-order valence-corrected chi connectivity index (χ3v) is 4.40. The Balaban J connectivity index is 1.47. The maximum atomic E-state index is 12.0. The number of carbonyl (C=O) groups excluding carboxylic acids is 1. The van der Waals surface area contributed by atoms with Gasteiger partial charge in [0.2, 0.25) is 5.91 Å². The van der Waals surface area contributed by atoms with Gasteiger partial charge in [-0.05, 0) is 23.8 Å². The van der Waals surface area contributed by atoms with E-state index in [0.29, 0.717) is 16.6 Å². The Kier molecular flexibility index (Phi) is 4.14. The molecule has 1 amide bonds. The molecule has 2 heterocycles. The maximum Gasteiger partial charge on any atom is 0.250 e. The van der Waals surface area contributed by atoms with Crippen LogP contribution in [-0.4, -0.2) is 10.9 Å². The van der Waals surface area contributed by atoms with Gasteiger partial charge >= 0.3 is 0 Å². The number of hydrogen-bond donors (Lipinski definition) is 1. The summed E-state index contributed by atoms with van der Waals surface area (Å²) in [6.07, 6.45) is 3.26. The highest BCUT2D eigenvalue weighted by molar-refractivity contribution is 7.14. The predicted molar refractivity (Wildman–Crippen MR) is 101 cm³/mol. The summed E-state index contributed by atoms with van der Waals surface area (Å²) in [6.45, 7) is 0. The van der Waals surface area contributed by atoms with Crippen molar-refractivity contribution in [2.45, 2.75) is 0 Å². The number of benzene rings is 2. The first kappa shape index (κ1) is 15.4. The molecule has 2 aromatic heterocycles. The number of nitrogens with zero attached hydrogens (tertiary/aromatic N) is 1. The second-order valence-electron chi connectivity index (χ2n) is 5.42. The van der Waals surface area contributed by atoms with Crippen molar-refractivity contribution >= 4 is 39.4 Å². The zero-order valence-corrected chi connectivity index (χ0v) is 14.0. The fourth-order valence-corrected chi connectivity index (χ4v) is 3.14. The van der Waals surface area contributed by atoms with E-state index in [1.54, 1.807) is 6.08 Å². The Morgan fingerprint density at radius 2 is 1.88 bits per heavy atom. The molecule has 0 atom stereocenters. The van der Waals surface area contributed by atoms with Crippen molar-refractivity contribution in [3.63, 3.8) is 0 Å². The van der Waals surface area contributed by atoms with Crippen molar-refractivity contribution in [2.75, 3.05) is 5.32 Å². The molecule has 0 aliphatic rings. The van der Waals surface area contributed by atoms with Gasteiger partial charge in [0.1, 0.15) is 11.3 Å². The zero-order chi connectivity index (χ0) is 17.1. The van der Waals surface area contributed by atoms with Crippen LogP contribution in [0.2, 0.25) is 0 Å². The van der Waals surface area contributed by atoms with Gasteiger partial charge in [0.25, 0.3) is 0 Å². The molecule has 0 saturated heterocycles.